The van der Waals surface area contributed by atoms with Gasteiger partial charge in [-0.1, -0.05) is 47.5 Å². The molecule has 1 aliphatic heterocycles. The molecule has 2 heterocycles. The Kier molecular flexibility index (Phi) is 13.1. The van der Waals surface area contributed by atoms with Crippen molar-refractivity contribution in [2.75, 3.05) is 13.1 Å². The van der Waals surface area contributed by atoms with Crippen LogP contribution in [0.5, 0.6) is 5.75 Å². The normalized spacial score (nSPS) is 13.5. The van der Waals surface area contributed by atoms with E-state index in [0.29, 0.717) is 12.6 Å². The Balaban J connectivity index is 0.000000216. The molecule has 51 heavy (non-hydrogen) atoms. The second-order valence-corrected chi connectivity index (χ2v) is 14.6. The number of benzene rings is 4. The molecular weight excluding hydrogens is 693 g/mol. The van der Waals surface area contributed by atoms with E-state index in [1.165, 1.54) is 35.3 Å². The van der Waals surface area contributed by atoms with Gasteiger partial charge < -0.3 is 19.9 Å². The zero-order valence-corrected chi connectivity index (χ0v) is 30.5. The first-order chi connectivity index (χ1) is 24.1. The Morgan fingerprint density at radius 1 is 0.882 bits per heavy atom. The maximum atomic E-state index is 10.5. The van der Waals surface area contributed by atoms with Gasteiger partial charge in [-0.2, -0.15) is 13.5 Å². The maximum absolute atomic E-state index is 10.5. The van der Waals surface area contributed by atoms with Crippen LogP contribution in [-0.4, -0.2) is 60.7 Å². The van der Waals surface area contributed by atoms with Crippen molar-refractivity contribution in [2.45, 2.75) is 43.1 Å². The highest BCUT2D eigenvalue weighted by atomic mass is 32.2. The van der Waals surface area contributed by atoms with Crippen molar-refractivity contribution < 1.29 is 35.2 Å². The Hall–Kier alpha value is -5.09. The van der Waals surface area contributed by atoms with E-state index in [0.717, 1.165) is 54.2 Å². The van der Waals surface area contributed by atoms with Gasteiger partial charge >= 0.3 is 0 Å². The molecule has 0 unspecified atom stereocenters. The number of nitrogens with two attached hydrogens (primary N) is 1. The molecule has 4 aromatic carbocycles. The highest BCUT2D eigenvalue weighted by molar-refractivity contribution is 7.86. The predicted octanol–water partition coefficient (Wildman–Crippen LogP) is 4.47. The first-order valence-corrected chi connectivity index (χ1v) is 18.8. The van der Waals surface area contributed by atoms with E-state index >= 15 is 0 Å². The van der Waals surface area contributed by atoms with Crippen molar-refractivity contribution in [2.24, 2.45) is 30.0 Å². The van der Waals surface area contributed by atoms with Gasteiger partial charge in [-0.05, 0) is 92.9 Å². The van der Waals surface area contributed by atoms with E-state index in [2.05, 4.69) is 62.6 Å². The molecule has 1 fully saturated rings. The van der Waals surface area contributed by atoms with Gasteiger partial charge in [0, 0.05) is 13.1 Å². The maximum Gasteiger partial charge on any atom is 0.295 e. The summed E-state index contributed by atoms with van der Waals surface area (Å²) in [5.74, 6) is 2.40. The summed E-state index contributed by atoms with van der Waals surface area (Å²) in [7, 11) is -4.16. The predicted molar refractivity (Wildman–Crippen MR) is 195 cm³/mol. The molecule has 270 valence electrons. The summed E-state index contributed by atoms with van der Waals surface area (Å²) in [5.41, 5.74) is 11.2. The first-order valence-electron chi connectivity index (χ1n) is 16.0. The molecule has 13 nitrogen and oxygen atoms in total. The number of nitrogens with zero attached hydrogens (tertiary/aromatic N) is 5. The summed E-state index contributed by atoms with van der Waals surface area (Å²) in [5, 5.41) is 8.20. The highest BCUT2D eigenvalue weighted by Crippen LogP contribution is 2.16. The molecule has 0 bridgehead atoms. The molecule has 15 heteroatoms. The average Bonchev–Trinajstić information content (AvgIpc) is 3.72. The van der Waals surface area contributed by atoms with E-state index in [1.807, 2.05) is 38.1 Å². The molecule has 6 rings (SSSR count). The molecule has 0 spiro atoms. The van der Waals surface area contributed by atoms with Crippen molar-refractivity contribution in [3.8, 4) is 5.75 Å². The van der Waals surface area contributed by atoms with Crippen molar-refractivity contribution in [1.29, 1.82) is 0 Å². The lowest BCUT2D eigenvalue weighted by Crippen LogP contribution is -2.34. The van der Waals surface area contributed by atoms with Gasteiger partial charge in [0.25, 0.3) is 15.9 Å². The molecule has 0 amide bonds. The van der Waals surface area contributed by atoms with Gasteiger partial charge in [-0.3, -0.25) is 4.55 Å². The van der Waals surface area contributed by atoms with Crippen LogP contribution in [0.25, 0.3) is 11.0 Å². The third-order valence-corrected chi connectivity index (χ3v) is 9.77. The highest BCUT2D eigenvalue weighted by Gasteiger charge is 2.20. The van der Waals surface area contributed by atoms with Crippen LogP contribution in [0.3, 0.4) is 0 Å². The lowest BCUT2D eigenvalue weighted by molar-refractivity contribution is -0.655. The van der Waals surface area contributed by atoms with Crippen LogP contribution in [0.15, 0.2) is 117 Å². The van der Waals surface area contributed by atoms with Gasteiger partial charge in [-0.25, -0.2) is 17.6 Å². The van der Waals surface area contributed by atoms with E-state index in [4.69, 9.17) is 15.0 Å². The lowest BCUT2D eigenvalue weighted by atomic mass is 10.2. The number of para-hydroxylation sites is 2. The minimum Gasteiger partial charge on any atom is -0.744 e. The summed E-state index contributed by atoms with van der Waals surface area (Å²) in [6.45, 7) is 6.08. The van der Waals surface area contributed by atoms with Gasteiger partial charge in [0.05, 0.1) is 30.1 Å². The SMILES string of the molecule is Cc1ccc(S(=O)(=O)O)cc1.Cc1ccc(S(=O)(=O)[O-])cc1.Cn1c(COc2ccc(/C=N/N=C(/N)N3CCCC3)cc2)[n+](C)c2ccccc21. The number of fused-ring (bicyclic) bond motifs is 1. The second-order valence-electron chi connectivity index (χ2n) is 11.8. The van der Waals surface area contributed by atoms with Gasteiger partial charge in [0.1, 0.15) is 15.9 Å². The van der Waals surface area contributed by atoms with Gasteiger partial charge in [0.15, 0.2) is 17.6 Å². The quantitative estimate of drug-likeness (QED) is 0.0801. The number of likely N-dealkylation sites (tertiary alicyclic amines) is 1. The molecule has 0 saturated carbocycles. The number of imidazole rings is 1. The van der Waals surface area contributed by atoms with Gasteiger partial charge in [0.2, 0.25) is 5.96 Å². The number of aryl methyl sites for hydroxylation is 4. The summed E-state index contributed by atoms with van der Waals surface area (Å²) >= 11 is 0. The fourth-order valence-electron chi connectivity index (χ4n) is 5.11. The number of ether oxygens (including phenoxy) is 1. The zero-order chi connectivity index (χ0) is 37.2. The number of aromatic nitrogens is 2. The number of hydrogen-bond acceptors (Lipinski definition) is 8. The summed E-state index contributed by atoms with van der Waals surface area (Å²) in [4.78, 5) is 1.81. The van der Waals surface area contributed by atoms with Crippen LogP contribution in [0, 0.1) is 13.8 Å². The van der Waals surface area contributed by atoms with Crippen LogP contribution in [-0.2, 0) is 40.9 Å². The Labute approximate surface area is 298 Å². The molecular formula is C36H42N6O7S2. The second kappa shape index (κ2) is 17.2. The molecule has 0 atom stereocenters. The summed E-state index contributed by atoms with van der Waals surface area (Å²) in [6, 6.07) is 27.9. The van der Waals surface area contributed by atoms with E-state index in [1.54, 1.807) is 30.5 Å². The molecule has 1 saturated heterocycles. The van der Waals surface area contributed by atoms with Crippen LogP contribution < -0.4 is 15.0 Å². The van der Waals surface area contributed by atoms with Crippen LogP contribution >= 0.6 is 0 Å². The smallest absolute Gasteiger partial charge is 0.295 e. The molecule has 1 aromatic heterocycles. The molecule has 3 N–H and O–H groups in total. The summed E-state index contributed by atoms with van der Waals surface area (Å²) in [6.07, 6.45) is 4.03. The average molecular weight is 735 g/mol. The Morgan fingerprint density at radius 2 is 1.43 bits per heavy atom. The standard InChI is InChI=1S/C22H27N6O.2C7H8O3S/c1-26-19-7-3-4-8-20(19)27(2)21(26)16-29-18-11-9-17(10-12-18)15-24-25-22(23)28-13-5-6-14-28;2*1-6-2-4-7(5-3-6)11(8,9)10/h3-4,7-12,15H,5-6,13-14,16H2,1-2H3,(H2,23,25);2*2-5H,1H3,(H,8,9,10)/q+1;;/p-1/b24-15+;;. The Morgan fingerprint density at radius 3 is 1.96 bits per heavy atom. The minimum atomic E-state index is -4.27. The summed E-state index contributed by atoms with van der Waals surface area (Å²) < 4.78 is 71.1. The molecule has 1 aliphatic rings. The zero-order valence-electron chi connectivity index (χ0n) is 28.9. The van der Waals surface area contributed by atoms with E-state index < -0.39 is 20.2 Å². The minimum absolute atomic E-state index is 0.0666. The van der Waals surface area contributed by atoms with Crippen molar-refractivity contribution in [1.82, 2.24) is 9.47 Å². The van der Waals surface area contributed by atoms with E-state index in [-0.39, 0.29) is 9.79 Å². The first kappa shape index (κ1) is 38.7. The fraction of sp³-hybridized carbons (Fsp3) is 0.250. The monoisotopic (exact) mass is 734 g/mol. The lowest BCUT2D eigenvalue weighted by Gasteiger charge is -2.13. The largest absolute Gasteiger partial charge is 0.744 e. The van der Waals surface area contributed by atoms with Crippen LogP contribution in [0.2, 0.25) is 0 Å². The number of hydrogen-bond donors (Lipinski definition) is 2. The van der Waals surface area contributed by atoms with Gasteiger partial charge in [-0.15, -0.1) is 5.10 Å². The molecule has 5 aromatic rings. The topological polar surface area (TPSA) is 184 Å². The third-order valence-electron chi connectivity index (χ3n) is 8.05. The van der Waals surface area contributed by atoms with Crippen LogP contribution in [0.1, 0.15) is 35.4 Å². The molecule has 0 aliphatic carbocycles. The number of rotatable bonds is 7. The Bertz CT molecular complexity index is 2080. The van der Waals surface area contributed by atoms with Crippen molar-refractivity contribution >= 4 is 43.4 Å². The third kappa shape index (κ3) is 11.2. The molecule has 0 radical (unpaired) electrons. The fourth-order valence-corrected chi connectivity index (χ4v) is 6.05. The van der Waals surface area contributed by atoms with Crippen molar-refractivity contribution in [3.63, 3.8) is 0 Å². The number of guanidine groups is 1. The van der Waals surface area contributed by atoms with Crippen LogP contribution in [0.4, 0.5) is 0 Å². The van der Waals surface area contributed by atoms with E-state index in [9.17, 15) is 21.4 Å². The van der Waals surface area contributed by atoms with Crippen molar-refractivity contribution in [3.05, 3.63) is 120 Å².